The van der Waals surface area contributed by atoms with Crippen molar-refractivity contribution in [2.45, 2.75) is 37.3 Å². The Bertz CT molecular complexity index is 931. The highest BCUT2D eigenvalue weighted by Crippen LogP contribution is 2.28. The number of hydrogen-bond donors (Lipinski definition) is 1. The molecule has 2 rings (SSSR count). The largest absolute Gasteiger partial charge is 0.491 e. The number of sulfonamides is 1. The van der Waals surface area contributed by atoms with Crippen LogP contribution < -0.4 is 9.46 Å². The number of nitrogens with one attached hydrogen (secondary N) is 1. The summed E-state index contributed by atoms with van der Waals surface area (Å²) in [5, 5.41) is 0.351. The van der Waals surface area contributed by atoms with E-state index >= 15 is 0 Å². The topological polar surface area (TPSA) is 90.9 Å². The minimum absolute atomic E-state index is 0.0378. The van der Waals surface area contributed by atoms with Crippen molar-refractivity contribution in [1.29, 1.82) is 0 Å². The summed E-state index contributed by atoms with van der Waals surface area (Å²) in [5.74, 6) is -0.00586. The molecule has 2 aromatic rings. The molecule has 0 aromatic heterocycles. The smallest absolute Gasteiger partial charge is 0.308 e. The first-order chi connectivity index (χ1) is 14.2. The maximum atomic E-state index is 12.9. The predicted molar refractivity (Wildman–Crippen MR) is 114 cm³/mol. The fraction of sp³-hybridized carbons (Fsp3) is 0.381. The average Bonchev–Trinajstić information content (AvgIpc) is 2.67. The number of hydrogen-bond acceptors (Lipinski definition) is 6. The summed E-state index contributed by atoms with van der Waals surface area (Å²) < 4.78 is 44.0. The Morgan fingerprint density at radius 2 is 1.73 bits per heavy atom. The summed E-state index contributed by atoms with van der Waals surface area (Å²) in [5.41, 5.74) is 0.489. The number of methoxy groups -OCH3 is 1. The van der Waals surface area contributed by atoms with E-state index in [0.29, 0.717) is 29.5 Å². The second kappa shape index (κ2) is 11.3. The van der Waals surface area contributed by atoms with Gasteiger partial charge in [-0.05, 0) is 49.7 Å². The fourth-order valence-electron chi connectivity index (χ4n) is 2.66. The minimum Gasteiger partial charge on any atom is -0.491 e. The lowest BCUT2D eigenvalue weighted by molar-refractivity contribution is -0.147. The molecule has 0 fully saturated rings. The Morgan fingerprint density at radius 3 is 2.33 bits per heavy atom. The van der Waals surface area contributed by atoms with Gasteiger partial charge in [0.1, 0.15) is 12.4 Å². The third-order valence-corrected chi connectivity index (χ3v) is 5.84. The zero-order valence-corrected chi connectivity index (χ0v) is 18.7. The van der Waals surface area contributed by atoms with Gasteiger partial charge < -0.3 is 14.2 Å². The molecule has 0 aliphatic rings. The van der Waals surface area contributed by atoms with Gasteiger partial charge in [0.2, 0.25) is 10.0 Å². The molecule has 0 aliphatic carbocycles. The first-order valence-corrected chi connectivity index (χ1v) is 11.3. The molecule has 1 unspecified atom stereocenters. The zero-order valence-electron chi connectivity index (χ0n) is 17.1. The van der Waals surface area contributed by atoms with Crippen LogP contribution in [0.1, 0.15) is 31.9 Å². The third-order valence-electron chi connectivity index (χ3n) is 4.01. The number of halogens is 1. The van der Waals surface area contributed by atoms with Crippen molar-refractivity contribution >= 4 is 27.6 Å². The molecule has 7 nitrogen and oxygen atoms in total. The van der Waals surface area contributed by atoms with Crippen LogP contribution in [0.3, 0.4) is 0 Å². The van der Waals surface area contributed by atoms with Crippen molar-refractivity contribution in [2.24, 2.45) is 0 Å². The van der Waals surface area contributed by atoms with Crippen molar-refractivity contribution in [3.8, 4) is 5.75 Å². The van der Waals surface area contributed by atoms with Gasteiger partial charge in [0, 0.05) is 12.1 Å². The molecule has 0 aliphatic heterocycles. The molecule has 30 heavy (non-hydrogen) atoms. The number of carbonyl (C=O) groups excluding carboxylic acids is 1. The molecule has 164 valence electrons. The van der Waals surface area contributed by atoms with E-state index in [1.165, 1.54) is 12.1 Å². The molecule has 0 heterocycles. The average molecular weight is 456 g/mol. The highest BCUT2D eigenvalue weighted by molar-refractivity contribution is 7.89. The monoisotopic (exact) mass is 455 g/mol. The van der Waals surface area contributed by atoms with E-state index < -0.39 is 22.0 Å². The predicted octanol–water partition coefficient (Wildman–Crippen LogP) is 3.73. The van der Waals surface area contributed by atoms with Crippen LogP contribution in [0.2, 0.25) is 5.02 Å². The summed E-state index contributed by atoms with van der Waals surface area (Å²) in [4.78, 5) is 12.3. The van der Waals surface area contributed by atoms with E-state index in [2.05, 4.69) is 4.72 Å². The number of benzene rings is 2. The standard InChI is InChI=1S/C21H26ClNO6S/c1-15(2)29-21(24)14-20(18-6-4-5-7-19(18)22)23-30(25,26)17-10-8-16(9-11-17)28-13-12-27-3/h4-11,15,20,23H,12-14H2,1-3H3. The lowest BCUT2D eigenvalue weighted by Gasteiger charge is -2.20. The van der Waals surface area contributed by atoms with Crippen molar-refractivity contribution in [3.63, 3.8) is 0 Å². The van der Waals surface area contributed by atoms with Gasteiger partial charge in [0.15, 0.2) is 0 Å². The number of rotatable bonds is 11. The number of esters is 1. The van der Waals surface area contributed by atoms with Crippen LogP contribution in [0.5, 0.6) is 5.75 Å². The molecule has 1 atom stereocenters. The molecule has 0 amide bonds. The number of ether oxygens (including phenoxy) is 3. The third kappa shape index (κ3) is 7.28. The van der Waals surface area contributed by atoms with Crippen molar-refractivity contribution in [1.82, 2.24) is 4.72 Å². The minimum atomic E-state index is -3.94. The molecule has 0 spiro atoms. The Hall–Kier alpha value is -2.13. The van der Waals surface area contributed by atoms with Gasteiger partial charge >= 0.3 is 5.97 Å². The van der Waals surface area contributed by atoms with Gasteiger partial charge in [-0.3, -0.25) is 4.79 Å². The van der Waals surface area contributed by atoms with Gasteiger partial charge in [-0.1, -0.05) is 29.8 Å². The van der Waals surface area contributed by atoms with Gasteiger partial charge in [-0.2, -0.15) is 0 Å². The van der Waals surface area contributed by atoms with E-state index in [0.717, 1.165) is 0 Å². The summed E-state index contributed by atoms with van der Waals surface area (Å²) >= 11 is 6.25. The summed E-state index contributed by atoms with van der Waals surface area (Å²) in [6.45, 7) is 4.23. The first kappa shape index (κ1) is 24.1. The van der Waals surface area contributed by atoms with E-state index in [1.54, 1.807) is 57.4 Å². The molecule has 0 saturated heterocycles. The van der Waals surface area contributed by atoms with Crippen LogP contribution >= 0.6 is 11.6 Å². The highest BCUT2D eigenvalue weighted by Gasteiger charge is 2.26. The molecule has 2 aromatic carbocycles. The van der Waals surface area contributed by atoms with Gasteiger partial charge in [0.05, 0.1) is 30.1 Å². The quantitative estimate of drug-likeness (QED) is 0.410. The van der Waals surface area contributed by atoms with Crippen LogP contribution in [0.15, 0.2) is 53.4 Å². The zero-order chi connectivity index (χ0) is 22.1. The maximum Gasteiger partial charge on any atom is 0.308 e. The Kier molecular flexibility index (Phi) is 9.10. The second-order valence-corrected chi connectivity index (χ2v) is 8.87. The Labute approximate surface area is 182 Å². The van der Waals surface area contributed by atoms with Gasteiger partial charge in [-0.15, -0.1) is 0 Å². The summed E-state index contributed by atoms with van der Waals surface area (Å²) in [6, 6.07) is 11.9. The van der Waals surface area contributed by atoms with E-state index in [-0.39, 0.29) is 17.4 Å². The molecule has 0 saturated carbocycles. The van der Waals surface area contributed by atoms with Crippen LogP contribution in [0, 0.1) is 0 Å². The van der Waals surface area contributed by atoms with Crippen molar-refractivity contribution in [2.75, 3.05) is 20.3 Å². The lowest BCUT2D eigenvalue weighted by atomic mass is 10.0. The highest BCUT2D eigenvalue weighted by atomic mass is 35.5. The normalized spacial score (nSPS) is 12.6. The molecule has 0 radical (unpaired) electrons. The van der Waals surface area contributed by atoms with E-state index in [9.17, 15) is 13.2 Å². The first-order valence-electron chi connectivity index (χ1n) is 9.41. The molecule has 0 bridgehead atoms. The van der Waals surface area contributed by atoms with Crippen molar-refractivity contribution in [3.05, 3.63) is 59.1 Å². The molecule has 9 heteroatoms. The van der Waals surface area contributed by atoms with Crippen LogP contribution in [-0.2, 0) is 24.3 Å². The Morgan fingerprint density at radius 1 is 1.07 bits per heavy atom. The molecular formula is C21H26ClNO6S. The summed E-state index contributed by atoms with van der Waals surface area (Å²) in [6.07, 6.45) is -0.508. The second-order valence-electron chi connectivity index (χ2n) is 6.75. The number of carbonyl (C=O) groups is 1. The van der Waals surface area contributed by atoms with Crippen LogP contribution in [0.25, 0.3) is 0 Å². The van der Waals surface area contributed by atoms with Crippen molar-refractivity contribution < 1.29 is 27.4 Å². The molecule has 1 N–H and O–H groups in total. The Balaban J connectivity index is 2.22. The van der Waals surface area contributed by atoms with E-state index in [1.807, 2.05) is 0 Å². The SMILES string of the molecule is COCCOc1ccc(S(=O)(=O)NC(CC(=O)OC(C)C)c2ccccc2Cl)cc1. The summed E-state index contributed by atoms with van der Waals surface area (Å²) in [7, 11) is -2.37. The van der Waals surface area contributed by atoms with Crippen LogP contribution in [-0.4, -0.2) is 40.8 Å². The van der Waals surface area contributed by atoms with Gasteiger partial charge in [0.25, 0.3) is 0 Å². The van der Waals surface area contributed by atoms with E-state index in [4.69, 9.17) is 25.8 Å². The van der Waals surface area contributed by atoms with Gasteiger partial charge in [-0.25, -0.2) is 13.1 Å². The maximum absolute atomic E-state index is 12.9. The fourth-order valence-corrected chi connectivity index (χ4v) is 4.15. The van der Waals surface area contributed by atoms with Crippen LogP contribution in [0.4, 0.5) is 0 Å². The molecular weight excluding hydrogens is 430 g/mol. The lowest BCUT2D eigenvalue weighted by Crippen LogP contribution is -2.31.